The van der Waals surface area contributed by atoms with Gasteiger partial charge in [0, 0.05) is 18.8 Å². The standard InChI is InChI=1S/C18H23BrN4O2/c1-11(2)16-15(19)17(23-22-16)18(24)21-10-12-7-8-20-14(9-12)25-13-5-3-4-6-13/h7-9,11,13H,3-6,10H2,1-2H3,(H,21,24)(H,22,23). The van der Waals surface area contributed by atoms with Gasteiger partial charge in [0.15, 0.2) is 5.69 Å². The van der Waals surface area contributed by atoms with Gasteiger partial charge >= 0.3 is 0 Å². The topological polar surface area (TPSA) is 79.9 Å². The summed E-state index contributed by atoms with van der Waals surface area (Å²) in [5, 5.41) is 9.92. The van der Waals surface area contributed by atoms with E-state index in [9.17, 15) is 4.79 Å². The summed E-state index contributed by atoms with van der Waals surface area (Å²) >= 11 is 3.45. The molecule has 0 aliphatic heterocycles. The minimum Gasteiger partial charge on any atom is -0.474 e. The molecule has 2 aromatic heterocycles. The van der Waals surface area contributed by atoms with E-state index in [2.05, 4.69) is 36.4 Å². The van der Waals surface area contributed by atoms with Gasteiger partial charge in [-0.3, -0.25) is 9.89 Å². The lowest BCUT2D eigenvalue weighted by molar-refractivity contribution is 0.0945. The van der Waals surface area contributed by atoms with E-state index in [-0.39, 0.29) is 17.9 Å². The second-order valence-electron chi connectivity index (χ2n) is 6.66. The van der Waals surface area contributed by atoms with Crippen LogP contribution in [0.4, 0.5) is 0 Å². The van der Waals surface area contributed by atoms with Gasteiger partial charge in [0.1, 0.15) is 6.10 Å². The van der Waals surface area contributed by atoms with Gasteiger partial charge in [0.25, 0.3) is 5.91 Å². The molecule has 25 heavy (non-hydrogen) atoms. The molecule has 1 amide bonds. The molecule has 1 aliphatic rings. The van der Waals surface area contributed by atoms with Crippen LogP contribution in [0.2, 0.25) is 0 Å². The molecule has 0 radical (unpaired) electrons. The summed E-state index contributed by atoms with van der Waals surface area (Å²) in [5.74, 6) is 0.672. The minimum atomic E-state index is -0.218. The highest BCUT2D eigenvalue weighted by Crippen LogP contribution is 2.26. The average molecular weight is 407 g/mol. The highest BCUT2D eigenvalue weighted by molar-refractivity contribution is 9.10. The average Bonchev–Trinajstić information content (AvgIpc) is 3.22. The molecule has 1 saturated carbocycles. The van der Waals surface area contributed by atoms with E-state index < -0.39 is 0 Å². The highest BCUT2D eigenvalue weighted by Gasteiger charge is 2.19. The van der Waals surface area contributed by atoms with E-state index in [1.807, 2.05) is 26.0 Å². The second kappa shape index (κ2) is 7.99. The summed E-state index contributed by atoms with van der Waals surface area (Å²) in [6, 6.07) is 3.76. The van der Waals surface area contributed by atoms with Crippen LogP contribution in [-0.4, -0.2) is 27.2 Å². The fourth-order valence-electron chi connectivity index (χ4n) is 2.94. The second-order valence-corrected chi connectivity index (χ2v) is 7.46. The summed E-state index contributed by atoms with van der Waals surface area (Å²) in [5.41, 5.74) is 2.24. The Kier molecular flexibility index (Phi) is 5.73. The first-order valence-corrected chi connectivity index (χ1v) is 9.47. The molecule has 0 unspecified atom stereocenters. The Hall–Kier alpha value is -1.89. The van der Waals surface area contributed by atoms with E-state index in [0.717, 1.165) is 28.6 Å². The zero-order valence-corrected chi connectivity index (χ0v) is 16.1. The van der Waals surface area contributed by atoms with E-state index in [1.54, 1.807) is 6.20 Å². The van der Waals surface area contributed by atoms with Crippen molar-refractivity contribution in [3.05, 3.63) is 39.8 Å². The maximum atomic E-state index is 12.4. The zero-order valence-electron chi connectivity index (χ0n) is 14.5. The lowest BCUT2D eigenvalue weighted by atomic mass is 10.1. The number of aromatic nitrogens is 3. The van der Waals surface area contributed by atoms with Gasteiger partial charge in [0.05, 0.1) is 10.2 Å². The van der Waals surface area contributed by atoms with Crippen LogP contribution in [0, 0.1) is 0 Å². The van der Waals surface area contributed by atoms with Crippen LogP contribution in [0.15, 0.2) is 22.8 Å². The summed E-state index contributed by atoms with van der Waals surface area (Å²) in [6.07, 6.45) is 6.61. The molecular weight excluding hydrogens is 384 g/mol. The molecule has 0 bridgehead atoms. The van der Waals surface area contributed by atoms with E-state index in [4.69, 9.17) is 4.74 Å². The Morgan fingerprint density at radius 3 is 2.88 bits per heavy atom. The molecule has 0 aromatic carbocycles. The molecule has 1 aliphatic carbocycles. The quantitative estimate of drug-likeness (QED) is 0.760. The number of amides is 1. The van der Waals surface area contributed by atoms with Gasteiger partial charge in [-0.15, -0.1) is 0 Å². The number of ether oxygens (including phenoxy) is 1. The van der Waals surface area contributed by atoms with Gasteiger partial charge in [-0.05, 0) is 59.2 Å². The number of pyridine rings is 1. The summed E-state index contributed by atoms with van der Waals surface area (Å²) in [6.45, 7) is 4.49. The number of H-pyrrole nitrogens is 1. The minimum absolute atomic E-state index is 0.218. The molecule has 7 heteroatoms. The van der Waals surface area contributed by atoms with Crippen LogP contribution in [0.25, 0.3) is 0 Å². The van der Waals surface area contributed by atoms with Crippen molar-refractivity contribution in [1.29, 1.82) is 0 Å². The zero-order chi connectivity index (χ0) is 17.8. The number of hydrogen-bond acceptors (Lipinski definition) is 4. The van der Waals surface area contributed by atoms with Crippen molar-refractivity contribution in [3.8, 4) is 5.88 Å². The van der Waals surface area contributed by atoms with Crippen molar-refractivity contribution in [1.82, 2.24) is 20.5 Å². The predicted octanol–water partition coefficient (Wildman–Crippen LogP) is 3.94. The SMILES string of the molecule is CC(C)c1[nH]nc(C(=O)NCc2ccnc(OC3CCCC3)c2)c1Br. The highest BCUT2D eigenvalue weighted by atomic mass is 79.9. The van der Waals surface area contributed by atoms with E-state index >= 15 is 0 Å². The number of aromatic amines is 1. The number of nitrogens with one attached hydrogen (secondary N) is 2. The Morgan fingerprint density at radius 1 is 1.44 bits per heavy atom. The smallest absolute Gasteiger partial charge is 0.273 e. The lowest BCUT2D eigenvalue weighted by Gasteiger charge is -2.12. The molecule has 0 atom stereocenters. The third-order valence-corrected chi connectivity index (χ3v) is 5.17. The molecular formula is C18H23BrN4O2. The third-order valence-electron chi connectivity index (χ3n) is 4.37. The maximum absolute atomic E-state index is 12.4. The molecule has 2 aromatic rings. The number of hydrogen-bond donors (Lipinski definition) is 2. The number of rotatable bonds is 6. The third kappa shape index (κ3) is 4.39. The first-order valence-electron chi connectivity index (χ1n) is 8.68. The molecule has 3 rings (SSSR count). The summed E-state index contributed by atoms with van der Waals surface area (Å²) in [7, 11) is 0. The first kappa shape index (κ1) is 17.9. The van der Waals surface area contributed by atoms with Crippen LogP contribution < -0.4 is 10.1 Å². The van der Waals surface area contributed by atoms with Crippen molar-refractivity contribution in [3.63, 3.8) is 0 Å². The fraction of sp³-hybridized carbons (Fsp3) is 0.500. The van der Waals surface area contributed by atoms with Gasteiger partial charge in [-0.1, -0.05) is 13.8 Å². The predicted molar refractivity (Wildman–Crippen MR) is 98.7 cm³/mol. The van der Waals surface area contributed by atoms with Crippen LogP contribution in [0.3, 0.4) is 0 Å². The molecule has 0 spiro atoms. The first-order chi connectivity index (χ1) is 12.0. The largest absolute Gasteiger partial charge is 0.474 e. The molecule has 2 N–H and O–H groups in total. The molecule has 0 saturated heterocycles. The van der Waals surface area contributed by atoms with Gasteiger partial charge in [0.2, 0.25) is 5.88 Å². The van der Waals surface area contributed by atoms with Crippen LogP contribution in [0.5, 0.6) is 5.88 Å². The summed E-state index contributed by atoms with van der Waals surface area (Å²) < 4.78 is 6.63. The van der Waals surface area contributed by atoms with E-state index in [0.29, 0.717) is 18.1 Å². The van der Waals surface area contributed by atoms with Crippen molar-refractivity contribution < 1.29 is 9.53 Å². The van der Waals surface area contributed by atoms with E-state index in [1.165, 1.54) is 12.8 Å². The molecule has 6 nitrogen and oxygen atoms in total. The van der Waals surface area contributed by atoms with Crippen molar-refractivity contribution in [2.24, 2.45) is 0 Å². The Balaban J connectivity index is 1.60. The molecule has 2 heterocycles. The normalized spacial score (nSPS) is 14.9. The molecule has 134 valence electrons. The van der Waals surface area contributed by atoms with Crippen LogP contribution in [0.1, 0.15) is 67.2 Å². The van der Waals surface area contributed by atoms with Gasteiger partial charge < -0.3 is 10.1 Å². The monoisotopic (exact) mass is 406 g/mol. The van der Waals surface area contributed by atoms with Crippen LogP contribution in [-0.2, 0) is 6.54 Å². The number of halogens is 1. The Labute approximate surface area is 155 Å². The van der Waals surface area contributed by atoms with Gasteiger partial charge in [-0.2, -0.15) is 5.10 Å². The molecule has 1 fully saturated rings. The van der Waals surface area contributed by atoms with Crippen molar-refractivity contribution in [2.75, 3.05) is 0 Å². The summed E-state index contributed by atoms with van der Waals surface area (Å²) in [4.78, 5) is 16.6. The lowest BCUT2D eigenvalue weighted by Crippen LogP contribution is -2.23. The van der Waals surface area contributed by atoms with Crippen molar-refractivity contribution >= 4 is 21.8 Å². The Morgan fingerprint density at radius 2 is 2.20 bits per heavy atom. The number of carbonyl (C=O) groups is 1. The number of carbonyl (C=O) groups excluding carboxylic acids is 1. The van der Waals surface area contributed by atoms with Gasteiger partial charge in [-0.25, -0.2) is 4.98 Å². The van der Waals surface area contributed by atoms with Crippen molar-refractivity contribution in [2.45, 2.75) is 58.1 Å². The maximum Gasteiger partial charge on any atom is 0.273 e. The van der Waals surface area contributed by atoms with Crippen LogP contribution >= 0.6 is 15.9 Å². The fourth-order valence-corrected chi connectivity index (χ4v) is 3.76. The Bertz CT molecular complexity index is 738. The number of nitrogens with zero attached hydrogens (tertiary/aromatic N) is 2.